The lowest BCUT2D eigenvalue weighted by Gasteiger charge is -2.15. The van der Waals surface area contributed by atoms with Crippen molar-refractivity contribution >= 4 is 28.8 Å². The van der Waals surface area contributed by atoms with Crippen LogP contribution in [0.5, 0.6) is 0 Å². The van der Waals surface area contributed by atoms with Gasteiger partial charge in [0, 0.05) is 22.9 Å². The van der Waals surface area contributed by atoms with Crippen LogP contribution in [0.15, 0.2) is 11.4 Å². The van der Waals surface area contributed by atoms with E-state index in [9.17, 15) is 4.79 Å². The summed E-state index contributed by atoms with van der Waals surface area (Å²) in [5.74, 6) is 5.77. The van der Waals surface area contributed by atoms with Crippen LogP contribution in [0.25, 0.3) is 0 Å². The van der Waals surface area contributed by atoms with E-state index in [1.807, 2.05) is 18.4 Å². The Morgan fingerprint density at radius 2 is 2.33 bits per heavy atom. The number of aryl methyl sites for hydroxylation is 1. The highest BCUT2D eigenvalue weighted by Gasteiger charge is 2.19. The highest BCUT2D eigenvalue weighted by Crippen LogP contribution is 2.19. The van der Waals surface area contributed by atoms with E-state index in [1.54, 1.807) is 23.3 Å². The van der Waals surface area contributed by atoms with Gasteiger partial charge in [0.05, 0.1) is 18.8 Å². The molecule has 0 aromatic carbocycles. The van der Waals surface area contributed by atoms with Gasteiger partial charge in [0.25, 0.3) is 5.91 Å². The minimum absolute atomic E-state index is 0.0372. The molecule has 110 valence electrons. The molecule has 0 aliphatic carbocycles. The average Bonchev–Trinajstić information content (AvgIpc) is 3.12. The van der Waals surface area contributed by atoms with Gasteiger partial charge in [-0.2, -0.15) is 0 Å². The van der Waals surface area contributed by atoms with Crippen molar-refractivity contribution in [3.05, 3.63) is 32.5 Å². The molecular weight excluding hydrogens is 304 g/mol. The zero-order valence-electron chi connectivity index (χ0n) is 11.9. The molecule has 0 saturated heterocycles. The maximum atomic E-state index is 12.4. The van der Waals surface area contributed by atoms with Crippen LogP contribution in [0.3, 0.4) is 0 Å². The fourth-order valence-corrected chi connectivity index (χ4v) is 3.38. The van der Waals surface area contributed by atoms with Crippen LogP contribution in [-0.4, -0.2) is 34.0 Å². The number of carbonyl (C=O) groups is 1. The van der Waals surface area contributed by atoms with Crippen LogP contribution in [0, 0.1) is 11.8 Å². The summed E-state index contributed by atoms with van der Waals surface area (Å²) in [6.45, 7) is 2.87. The van der Waals surface area contributed by atoms with Crippen molar-refractivity contribution in [2.75, 3.05) is 13.6 Å². The van der Waals surface area contributed by atoms with Gasteiger partial charge in [-0.25, -0.2) is 0 Å². The number of carbonyl (C=O) groups excluding carboxylic acids is 1. The smallest absolute Gasteiger partial charge is 0.267 e. The lowest BCUT2D eigenvalue weighted by molar-refractivity contribution is 0.0790. The summed E-state index contributed by atoms with van der Waals surface area (Å²) in [5, 5.41) is 5.95. The molecule has 0 spiro atoms. The maximum absolute atomic E-state index is 12.4. The number of hydrogen-bond acceptors (Lipinski definition) is 6. The van der Waals surface area contributed by atoms with Crippen molar-refractivity contribution in [2.45, 2.75) is 19.9 Å². The van der Waals surface area contributed by atoms with Crippen LogP contribution >= 0.6 is 22.9 Å². The predicted octanol–water partition coefficient (Wildman–Crippen LogP) is 1.74. The first-order valence-electron chi connectivity index (χ1n) is 6.48. The molecule has 0 fully saturated rings. The third kappa shape index (κ3) is 3.88. The molecular formula is C14H16N4OS2. The Bertz CT molecular complexity index is 680. The standard InChI is InChI=1S/C14H16N4OS2/c1-3-12-13(21-17-16-12)14(19)18(2)8-11-7-10(9-20-11)5-4-6-15/h7,9H,3,6,8,15H2,1-2H3. The van der Waals surface area contributed by atoms with Crippen LogP contribution in [0.2, 0.25) is 0 Å². The van der Waals surface area contributed by atoms with Gasteiger partial charge in [-0.05, 0) is 24.0 Å². The molecule has 2 N–H and O–H groups in total. The van der Waals surface area contributed by atoms with Crippen molar-refractivity contribution < 1.29 is 4.79 Å². The van der Waals surface area contributed by atoms with Crippen molar-refractivity contribution in [2.24, 2.45) is 5.73 Å². The number of thiophene rings is 1. The van der Waals surface area contributed by atoms with Crippen LogP contribution in [0.4, 0.5) is 0 Å². The summed E-state index contributed by atoms with van der Waals surface area (Å²) in [7, 11) is 1.78. The van der Waals surface area contributed by atoms with Crippen molar-refractivity contribution in [1.29, 1.82) is 0 Å². The summed E-state index contributed by atoms with van der Waals surface area (Å²) in [6.07, 6.45) is 0.712. The summed E-state index contributed by atoms with van der Waals surface area (Å²) in [5.41, 5.74) is 7.05. The second-order valence-electron chi connectivity index (χ2n) is 4.37. The number of rotatable bonds is 4. The molecule has 21 heavy (non-hydrogen) atoms. The minimum Gasteiger partial charge on any atom is -0.336 e. The normalized spacial score (nSPS) is 10.0. The van der Waals surface area contributed by atoms with E-state index in [0.29, 0.717) is 24.4 Å². The third-order valence-corrected chi connectivity index (χ3v) is 4.49. The van der Waals surface area contributed by atoms with Gasteiger partial charge < -0.3 is 10.6 Å². The number of nitrogens with zero attached hydrogens (tertiary/aromatic N) is 3. The number of aromatic nitrogens is 2. The monoisotopic (exact) mass is 320 g/mol. The lowest BCUT2D eigenvalue weighted by atomic mass is 10.2. The quantitative estimate of drug-likeness (QED) is 0.871. The fraction of sp³-hybridized carbons (Fsp3) is 0.357. The molecule has 2 aromatic heterocycles. The molecule has 5 nitrogen and oxygen atoms in total. The number of nitrogens with two attached hydrogens (primary N) is 1. The maximum Gasteiger partial charge on any atom is 0.267 e. The van der Waals surface area contributed by atoms with E-state index in [4.69, 9.17) is 5.73 Å². The lowest BCUT2D eigenvalue weighted by Crippen LogP contribution is -2.25. The Kier molecular flexibility index (Phi) is 5.44. The molecule has 0 atom stereocenters. The third-order valence-electron chi connectivity index (χ3n) is 2.81. The van der Waals surface area contributed by atoms with Crippen LogP contribution in [0.1, 0.15) is 32.7 Å². The Morgan fingerprint density at radius 3 is 3.05 bits per heavy atom. The van der Waals surface area contributed by atoms with Crippen molar-refractivity contribution in [3.63, 3.8) is 0 Å². The molecule has 0 radical (unpaired) electrons. The molecule has 2 aromatic rings. The first-order chi connectivity index (χ1) is 10.2. The molecule has 0 bridgehead atoms. The van der Waals surface area contributed by atoms with Gasteiger partial charge in [-0.1, -0.05) is 23.3 Å². The second-order valence-corrected chi connectivity index (χ2v) is 6.12. The van der Waals surface area contributed by atoms with E-state index < -0.39 is 0 Å². The van der Waals surface area contributed by atoms with Crippen LogP contribution < -0.4 is 5.73 Å². The molecule has 0 saturated carbocycles. The molecule has 0 aliphatic heterocycles. The van der Waals surface area contributed by atoms with E-state index in [0.717, 1.165) is 27.7 Å². The number of hydrogen-bond donors (Lipinski definition) is 1. The topological polar surface area (TPSA) is 72.1 Å². The minimum atomic E-state index is -0.0372. The SMILES string of the molecule is CCc1nnsc1C(=O)N(C)Cc1cc(C#CCN)cs1. The van der Waals surface area contributed by atoms with E-state index in [2.05, 4.69) is 21.4 Å². The van der Waals surface area contributed by atoms with Gasteiger partial charge in [0.2, 0.25) is 0 Å². The highest BCUT2D eigenvalue weighted by molar-refractivity contribution is 7.10. The zero-order chi connectivity index (χ0) is 15.2. The van der Waals surface area contributed by atoms with Gasteiger partial charge in [-0.15, -0.1) is 16.4 Å². The van der Waals surface area contributed by atoms with Gasteiger partial charge in [0.15, 0.2) is 0 Å². The molecule has 0 unspecified atom stereocenters. The second kappa shape index (κ2) is 7.31. The van der Waals surface area contributed by atoms with Gasteiger partial charge in [0.1, 0.15) is 4.88 Å². The number of amides is 1. The van der Waals surface area contributed by atoms with E-state index >= 15 is 0 Å². The summed E-state index contributed by atoms with van der Waals surface area (Å²) in [6, 6.07) is 1.99. The van der Waals surface area contributed by atoms with E-state index in [1.165, 1.54) is 0 Å². The Labute approximate surface area is 131 Å². The summed E-state index contributed by atoms with van der Waals surface area (Å²) in [4.78, 5) is 15.8. The molecule has 7 heteroatoms. The first kappa shape index (κ1) is 15.6. The Morgan fingerprint density at radius 1 is 1.52 bits per heavy atom. The summed E-state index contributed by atoms with van der Waals surface area (Å²) >= 11 is 2.74. The van der Waals surface area contributed by atoms with E-state index in [-0.39, 0.29) is 5.91 Å². The average molecular weight is 320 g/mol. The summed E-state index contributed by atoms with van der Waals surface area (Å²) < 4.78 is 3.86. The zero-order valence-corrected chi connectivity index (χ0v) is 13.6. The fourth-order valence-electron chi connectivity index (χ4n) is 1.76. The predicted molar refractivity (Wildman–Crippen MR) is 85.3 cm³/mol. The van der Waals surface area contributed by atoms with Crippen molar-refractivity contribution in [3.8, 4) is 11.8 Å². The Balaban J connectivity index is 2.05. The van der Waals surface area contributed by atoms with Crippen molar-refractivity contribution in [1.82, 2.24) is 14.5 Å². The Hall–Kier alpha value is -1.75. The van der Waals surface area contributed by atoms with Gasteiger partial charge >= 0.3 is 0 Å². The molecule has 1 amide bonds. The molecule has 2 heterocycles. The molecule has 2 rings (SSSR count). The highest BCUT2D eigenvalue weighted by atomic mass is 32.1. The first-order valence-corrected chi connectivity index (χ1v) is 8.14. The van der Waals surface area contributed by atoms with Gasteiger partial charge in [-0.3, -0.25) is 4.79 Å². The molecule has 0 aliphatic rings. The largest absolute Gasteiger partial charge is 0.336 e. The van der Waals surface area contributed by atoms with Crippen LogP contribution in [-0.2, 0) is 13.0 Å².